The van der Waals surface area contributed by atoms with Crippen molar-refractivity contribution < 1.29 is 4.92 Å². The minimum Gasteiger partial charge on any atom is -0.361 e. The van der Waals surface area contributed by atoms with E-state index in [0.717, 1.165) is 12.3 Å². The highest BCUT2D eigenvalue weighted by Gasteiger charge is 2.40. The third-order valence-electron chi connectivity index (χ3n) is 4.10. The summed E-state index contributed by atoms with van der Waals surface area (Å²) in [6.45, 7) is 0. The molecule has 0 aromatic carbocycles. The number of pyridine rings is 1. The lowest BCUT2D eigenvalue weighted by Gasteiger charge is -2.23. The lowest BCUT2D eigenvalue weighted by Crippen LogP contribution is -2.26. The molecule has 1 aromatic rings. The van der Waals surface area contributed by atoms with Crippen molar-refractivity contribution >= 4 is 23.1 Å². The fraction of sp³-hybridized carbons (Fsp3) is 0.583. The molecule has 2 aliphatic rings. The molecule has 0 amide bonds. The summed E-state index contributed by atoms with van der Waals surface area (Å²) >= 11 is 5.81. The van der Waals surface area contributed by atoms with Gasteiger partial charge in [-0.25, -0.2) is 4.98 Å². The molecule has 0 radical (unpaired) electrons. The Hall–Kier alpha value is -1.36. The maximum absolute atomic E-state index is 10.9. The lowest BCUT2D eigenvalue weighted by atomic mass is 9.95. The zero-order chi connectivity index (χ0) is 12.7. The van der Waals surface area contributed by atoms with Gasteiger partial charge in [0.25, 0.3) is 0 Å². The van der Waals surface area contributed by atoms with Crippen LogP contribution in [0.2, 0.25) is 5.15 Å². The SMILES string of the molecule is O=[N+]([O-])c1ccc(Cl)nc1NC1CC2CCC1C2. The van der Waals surface area contributed by atoms with Crippen molar-refractivity contribution in [1.29, 1.82) is 0 Å². The molecule has 2 saturated carbocycles. The summed E-state index contributed by atoms with van der Waals surface area (Å²) in [5, 5.41) is 14.5. The molecule has 96 valence electrons. The van der Waals surface area contributed by atoms with Crippen molar-refractivity contribution in [2.75, 3.05) is 5.32 Å². The molecule has 2 fully saturated rings. The molecule has 0 aliphatic heterocycles. The van der Waals surface area contributed by atoms with Crippen molar-refractivity contribution in [2.45, 2.75) is 31.7 Å². The minimum atomic E-state index is -0.418. The number of anilines is 1. The van der Waals surface area contributed by atoms with E-state index in [1.165, 1.54) is 31.4 Å². The topological polar surface area (TPSA) is 68.1 Å². The van der Waals surface area contributed by atoms with Crippen LogP contribution in [0, 0.1) is 22.0 Å². The molecule has 0 spiro atoms. The van der Waals surface area contributed by atoms with Crippen molar-refractivity contribution in [3.63, 3.8) is 0 Å². The fourth-order valence-electron chi connectivity index (χ4n) is 3.28. The first kappa shape index (κ1) is 11.7. The summed E-state index contributed by atoms with van der Waals surface area (Å²) in [6, 6.07) is 3.17. The summed E-state index contributed by atoms with van der Waals surface area (Å²) in [5.41, 5.74) is 0.00201. The maximum atomic E-state index is 10.9. The number of aromatic nitrogens is 1. The Balaban J connectivity index is 1.83. The average Bonchev–Trinajstić information content (AvgIpc) is 2.90. The molecule has 2 bridgehead atoms. The second kappa shape index (κ2) is 4.39. The first-order valence-corrected chi connectivity index (χ1v) is 6.59. The van der Waals surface area contributed by atoms with E-state index in [9.17, 15) is 10.1 Å². The number of fused-ring (bicyclic) bond motifs is 2. The Bertz CT molecular complexity index is 494. The van der Waals surface area contributed by atoms with Gasteiger partial charge in [-0.1, -0.05) is 18.0 Å². The molecule has 3 atom stereocenters. The van der Waals surface area contributed by atoms with Gasteiger partial charge in [0.2, 0.25) is 5.82 Å². The van der Waals surface area contributed by atoms with Crippen molar-refractivity contribution in [2.24, 2.45) is 11.8 Å². The number of hydrogen-bond donors (Lipinski definition) is 1. The van der Waals surface area contributed by atoms with Gasteiger partial charge in [0.1, 0.15) is 5.15 Å². The predicted molar refractivity (Wildman–Crippen MR) is 68.8 cm³/mol. The van der Waals surface area contributed by atoms with Crippen LogP contribution >= 0.6 is 11.6 Å². The van der Waals surface area contributed by atoms with Crippen molar-refractivity contribution in [1.82, 2.24) is 4.98 Å². The number of nitro groups is 1. The van der Waals surface area contributed by atoms with Gasteiger partial charge in [-0.2, -0.15) is 0 Å². The van der Waals surface area contributed by atoms with E-state index in [0.29, 0.717) is 17.8 Å². The van der Waals surface area contributed by atoms with Gasteiger partial charge in [0, 0.05) is 12.1 Å². The number of nitrogens with zero attached hydrogens (tertiary/aromatic N) is 2. The van der Waals surface area contributed by atoms with Crippen LogP contribution in [-0.4, -0.2) is 15.9 Å². The highest BCUT2D eigenvalue weighted by molar-refractivity contribution is 6.29. The molecule has 3 unspecified atom stereocenters. The Labute approximate surface area is 110 Å². The summed E-state index contributed by atoms with van der Waals surface area (Å²) < 4.78 is 0. The highest BCUT2D eigenvalue weighted by Crippen LogP contribution is 2.45. The molecule has 3 rings (SSSR count). The first-order chi connectivity index (χ1) is 8.63. The molecule has 1 N–H and O–H groups in total. The van der Waals surface area contributed by atoms with Gasteiger partial charge in [-0.3, -0.25) is 10.1 Å². The monoisotopic (exact) mass is 267 g/mol. The van der Waals surface area contributed by atoms with Crippen LogP contribution in [-0.2, 0) is 0 Å². The second-order valence-electron chi connectivity index (χ2n) is 5.18. The third-order valence-corrected chi connectivity index (χ3v) is 4.31. The van der Waals surface area contributed by atoms with Gasteiger partial charge in [-0.15, -0.1) is 0 Å². The smallest absolute Gasteiger partial charge is 0.311 e. The number of hydrogen-bond acceptors (Lipinski definition) is 4. The Morgan fingerprint density at radius 1 is 1.39 bits per heavy atom. The Morgan fingerprint density at radius 2 is 2.22 bits per heavy atom. The fourth-order valence-corrected chi connectivity index (χ4v) is 3.43. The predicted octanol–water partition coefficient (Wildman–Crippen LogP) is 3.24. The summed E-state index contributed by atoms with van der Waals surface area (Å²) in [4.78, 5) is 14.6. The third kappa shape index (κ3) is 2.03. The molecule has 2 aliphatic carbocycles. The summed E-state index contributed by atoms with van der Waals surface area (Å²) in [7, 11) is 0. The lowest BCUT2D eigenvalue weighted by molar-refractivity contribution is -0.384. The van der Waals surface area contributed by atoms with Crippen LogP contribution in [0.5, 0.6) is 0 Å². The molecule has 1 heterocycles. The maximum Gasteiger partial charge on any atom is 0.311 e. The average molecular weight is 268 g/mol. The molecule has 6 heteroatoms. The van der Waals surface area contributed by atoms with Crippen LogP contribution in [0.15, 0.2) is 12.1 Å². The van der Waals surface area contributed by atoms with E-state index in [-0.39, 0.29) is 10.8 Å². The number of rotatable bonds is 3. The van der Waals surface area contributed by atoms with Crippen LogP contribution in [0.4, 0.5) is 11.5 Å². The largest absolute Gasteiger partial charge is 0.361 e. The van der Waals surface area contributed by atoms with E-state index in [4.69, 9.17) is 11.6 Å². The molecular weight excluding hydrogens is 254 g/mol. The zero-order valence-electron chi connectivity index (χ0n) is 9.80. The van der Waals surface area contributed by atoms with Gasteiger partial charge < -0.3 is 5.32 Å². The van der Waals surface area contributed by atoms with E-state index in [1.807, 2.05) is 0 Å². The van der Waals surface area contributed by atoms with Crippen LogP contribution < -0.4 is 5.32 Å². The van der Waals surface area contributed by atoms with E-state index in [2.05, 4.69) is 10.3 Å². The number of nitrogens with one attached hydrogen (secondary N) is 1. The van der Waals surface area contributed by atoms with Crippen LogP contribution in [0.3, 0.4) is 0 Å². The van der Waals surface area contributed by atoms with E-state index < -0.39 is 4.92 Å². The van der Waals surface area contributed by atoms with Crippen LogP contribution in [0.25, 0.3) is 0 Å². The molecular formula is C12H14ClN3O2. The second-order valence-corrected chi connectivity index (χ2v) is 5.57. The van der Waals surface area contributed by atoms with Gasteiger partial charge in [-0.05, 0) is 37.2 Å². The van der Waals surface area contributed by atoms with Gasteiger partial charge in [0.15, 0.2) is 0 Å². The van der Waals surface area contributed by atoms with E-state index in [1.54, 1.807) is 0 Å². The van der Waals surface area contributed by atoms with Crippen molar-refractivity contribution in [3.8, 4) is 0 Å². The van der Waals surface area contributed by atoms with E-state index >= 15 is 0 Å². The van der Waals surface area contributed by atoms with Gasteiger partial charge in [0.05, 0.1) is 4.92 Å². The molecule has 0 saturated heterocycles. The highest BCUT2D eigenvalue weighted by atomic mass is 35.5. The van der Waals surface area contributed by atoms with Crippen molar-refractivity contribution in [3.05, 3.63) is 27.4 Å². The Kier molecular flexibility index (Phi) is 2.86. The standard InChI is InChI=1S/C12H14ClN3O2/c13-11-4-3-10(16(17)18)12(15-11)14-9-6-7-1-2-8(9)5-7/h3-4,7-9H,1-2,5-6H2,(H,14,15). The normalized spacial score (nSPS) is 29.5. The number of halogens is 1. The molecule has 18 heavy (non-hydrogen) atoms. The first-order valence-electron chi connectivity index (χ1n) is 6.21. The molecule has 1 aromatic heterocycles. The van der Waals surface area contributed by atoms with Gasteiger partial charge >= 0.3 is 5.69 Å². The minimum absolute atomic E-state index is 0.00201. The quantitative estimate of drug-likeness (QED) is 0.519. The van der Waals surface area contributed by atoms with Crippen LogP contribution in [0.1, 0.15) is 25.7 Å². The molecule has 5 nitrogen and oxygen atoms in total. The summed E-state index contributed by atoms with van der Waals surface area (Å²) in [5.74, 6) is 1.73. The Morgan fingerprint density at radius 3 is 2.83 bits per heavy atom. The zero-order valence-corrected chi connectivity index (χ0v) is 10.6. The summed E-state index contributed by atoms with van der Waals surface area (Å²) in [6.07, 6.45) is 4.85.